The summed E-state index contributed by atoms with van der Waals surface area (Å²) >= 11 is 3.02. The number of nitrogens with zero attached hydrogens (tertiary/aromatic N) is 2. The molecule has 0 fully saturated rings. The highest BCUT2D eigenvalue weighted by Crippen LogP contribution is 2.37. The van der Waals surface area contributed by atoms with Crippen molar-refractivity contribution in [3.8, 4) is 11.1 Å². The van der Waals surface area contributed by atoms with E-state index in [2.05, 4.69) is 53.5 Å². The molecule has 0 aliphatic carbocycles. The number of fused-ring (bicyclic) bond motifs is 1. The van der Waals surface area contributed by atoms with Crippen molar-refractivity contribution in [1.29, 1.82) is 0 Å². The average molecular weight is 387 g/mol. The summed E-state index contributed by atoms with van der Waals surface area (Å²) in [5.41, 5.74) is 3.48. The third-order valence-electron chi connectivity index (χ3n) is 4.04. The molecular formula is C20H22N2O2S2. The quantitative estimate of drug-likeness (QED) is 0.222. The molecule has 2 aromatic heterocycles. The van der Waals surface area contributed by atoms with Crippen molar-refractivity contribution in [3.05, 3.63) is 41.5 Å². The highest BCUT2D eigenvalue weighted by atomic mass is 32.2. The van der Waals surface area contributed by atoms with Gasteiger partial charge in [0, 0.05) is 10.9 Å². The maximum atomic E-state index is 12.0. The van der Waals surface area contributed by atoms with Crippen LogP contribution >= 0.6 is 23.1 Å². The molecule has 0 atom stereocenters. The Kier molecular flexibility index (Phi) is 6.63. The van der Waals surface area contributed by atoms with Crippen LogP contribution in [0.15, 0.2) is 41.0 Å². The normalized spacial score (nSPS) is 11.0. The van der Waals surface area contributed by atoms with Gasteiger partial charge in [0.2, 0.25) is 0 Å². The fourth-order valence-corrected chi connectivity index (χ4v) is 4.40. The van der Waals surface area contributed by atoms with E-state index in [0.717, 1.165) is 45.6 Å². The molecule has 136 valence electrons. The first-order valence-corrected chi connectivity index (χ1v) is 10.6. The predicted octanol–water partition coefficient (Wildman–Crippen LogP) is 5.49. The molecule has 4 nitrogen and oxygen atoms in total. The Bertz CT molecular complexity index is 875. The maximum absolute atomic E-state index is 12.0. The third kappa shape index (κ3) is 4.62. The predicted molar refractivity (Wildman–Crippen MR) is 109 cm³/mol. The van der Waals surface area contributed by atoms with Crippen LogP contribution in [-0.2, 0) is 9.53 Å². The summed E-state index contributed by atoms with van der Waals surface area (Å²) in [6.07, 6.45) is 4.69. The lowest BCUT2D eigenvalue weighted by Gasteiger charge is -2.06. The van der Waals surface area contributed by atoms with Crippen LogP contribution in [0.4, 0.5) is 0 Å². The molecule has 6 heteroatoms. The Morgan fingerprint density at radius 1 is 1.19 bits per heavy atom. The van der Waals surface area contributed by atoms with Crippen LogP contribution in [0.25, 0.3) is 21.3 Å². The van der Waals surface area contributed by atoms with Crippen molar-refractivity contribution in [2.45, 2.75) is 38.1 Å². The fourth-order valence-electron chi connectivity index (χ4n) is 2.61. The summed E-state index contributed by atoms with van der Waals surface area (Å²) in [5, 5.41) is 3.96. The van der Waals surface area contributed by atoms with E-state index >= 15 is 0 Å². The van der Waals surface area contributed by atoms with Gasteiger partial charge in [0.15, 0.2) is 0 Å². The molecule has 26 heavy (non-hydrogen) atoms. The van der Waals surface area contributed by atoms with Gasteiger partial charge in [-0.2, -0.15) is 0 Å². The van der Waals surface area contributed by atoms with Crippen LogP contribution in [0.1, 0.15) is 31.7 Å². The first-order chi connectivity index (χ1) is 12.7. The van der Waals surface area contributed by atoms with E-state index in [1.165, 1.54) is 17.3 Å². The Balaban J connectivity index is 1.75. The van der Waals surface area contributed by atoms with Crippen molar-refractivity contribution in [2.75, 3.05) is 12.4 Å². The van der Waals surface area contributed by atoms with E-state index in [9.17, 15) is 4.79 Å². The Morgan fingerprint density at radius 3 is 2.77 bits per heavy atom. The van der Waals surface area contributed by atoms with Gasteiger partial charge in [-0.1, -0.05) is 61.4 Å². The average Bonchev–Trinajstić information content (AvgIpc) is 3.09. The van der Waals surface area contributed by atoms with Gasteiger partial charge in [-0.15, -0.1) is 11.3 Å². The molecule has 0 radical (unpaired) electrons. The fraction of sp³-hybridized carbons (Fsp3) is 0.350. The Labute approximate surface area is 162 Å². The number of carbonyl (C=O) groups is 1. The number of thiophene rings is 1. The highest BCUT2D eigenvalue weighted by molar-refractivity contribution is 8.00. The summed E-state index contributed by atoms with van der Waals surface area (Å²) in [5.74, 6) is 0.0755. The number of unbranched alkanes of at least 4 members (excludes halogenated alkanes) is 2. The van der Waals surface area contributed by atoms with Gasteiger partial charge in [-0.05, 0) is 18.9 Å². The van der Waals surface area contributed by atoms with Crippen LogP contribution in [0.2, 0.25) is 0 Å². The van der Waals surface area contributed by atoms with E-state index in [1.807, 2.05) is 0 Å². The Morgan fingerprint density at radius 2 is 2.00 bits per heavy atom. The number of hydrogen-bond donors (Lipinski definition) is 0. The van der Waals surface area contributed by atoms with Gasteiger partial charge in [0.05, 0.1) is 17.7 Å². The van der Waals surface area contributed by atoms with E-state index in [4.69, 9.17) is 4.74 Å². The van der Waals surface area contributed by atoms with Crippen molar-refractivity contribution in [1.82, 2.24) is 9.97 Å². The molecule has 0 saturated carbocycles. The lowest BCUT2D eigenvalue weighted by atomic mass is 10.1. The second-order valence-corrected chi connectivity index (χ2v) is 7.91. The topological polar surface area (TPSA) is 52.1 Å². The molecule has 1 aromatic carbocycles. The highest BCUT2D eigenvalue weighted by Gasteiger charge is 2.15. The van der Waals surface area contributed by atoms with Crippen molar-refractivity contribution < 1.29 is 9.53 Å². The molecule has 0 saturated heterocycles. The molecule has 0 amide bonds. The van der Waals surface area contributed by atoms with Gasteiger partial charge in [-0.3, -0.25) is 4.79 Å². The molecular weight excluding hydrogens is 364 g/mol. The molecule has 0 spiro atoms. The summed E-state index contributed by atoms with van der Waals surface area (Å²) < 4.78 is 5.29. The molecule has 2 heterocycles. The minimum absolute atomic E-state index is 0.190. The van der Waals surface area contributed by atoms with Gasteiger partial charge < -0.3 is 4.74 Å². The summed E-state index contributed by atoms with van der Waals surface area (Å²) in [6.45, 7) is 4.70. The number of benzene rings is 1. The molecule has 0 N–H and O–H groups in total. The summed E-state index contributed by atoms with van der Waals surface area (Å²) in [6, 6.07) is 8.42. The number of aromatic nitrogens is 2. The third-order valence-corrected chi connectivity index (χ3v) is 5.89. The number of rotatable bonds is 8. The lowest BCUT2D eigenvalue weighted by Crippen LogP contribution is -2.08. The van der Waals surface area contributed by atoms with E-state index in [-0.39, 0.29) is 11.7 Å². The van der Waals surface area contributed by atoms with E-state index in [0.29, 0.717) is 6.61 Å². The number of thioether (sulfide) groups is 1. The van der Waals surface area contributed by atoms with Crippen LogP contribution in [-0.4, -0.2) is 28.3 Å². The van der Waals surface area contributed by atoms with Crippen LogP contribution in [0.5, 0.6) is 0 Å². The number of carbonyl (C=O) groups excluding carboxylic acids is 1. The molecule has 0 aliphatic heterocycles. The Hall–Kier alpha value is -1.92. The van der Waals surface area contributed by atoms with Crippen LogP contribution in [0, 0.1) is 6.92 Å². The van der Waals surface area contributed by atoms with E-state index < -0.39 is 0 Å². The van der Waals surface area contributed by atoms with Crippen molar-refractivity contribution in [3.63, 3.8) is 0 Å². The largest absolute Gasteiger partial charge is 0.465 e. The van der Waals surface area contributed by atoms with Gasteiger partial charge >= 0.3 is 5.97 Å². The molecule has 3 aromatic rings. The monoisotopic (exact) mass is 386 g/mol. The zero-order chi connectivity index (χ0) is 18.4. The minimum Gasteiger partial charge on any atom is -0.465 e. The summed E-state index contributed by atoms with van der Waals surface area (Å²) in [4.78, 5) is 21.7. The SMILES string of the molecule is CCCCCOC(=O)CSc1ncnc2scc(-c3ccc(C)cc3)c12. The second kappa shape index (κ2) is 9.14. The first kappa shape index (κ1) is 18.9. The summed E-state index contributed by atoms with van der Waals surface area (Å²) in [7, 11) is 0. The number of aryl methyl sites for hydroxylation is 1. The molecule has 0 aliphatic rings. The van der Waals surface area contributed by atoms with Gasteiger partial charge in [-0.25, -0.2) is 9.97 Å². The van der Waals surface area contributed by atoms with Crippen molar-refractivity contribution >= 4 is 39.3 Å². The lowest BCUT2D eigenvalue weighted by molar-refractivity contribution is -0.140. The van der Waals surface area contributed by atoms with Crippen LogP contribution in [0.3, 0.4) is 0 Å². The van der Waals surface area contributed by atoms with Gasteiger partial charge in [0.1, 0.15) is 16.2 Å². The number of hydrogen-bond acceptors (Lipinski definition) is 6. The van der Waals surface area contributed by atoms with E-state index in [1.54, 1.807) is 17.7 Å². The number of esters is 1. The van der Waals surface area contributed by atoms with Crippen molar-refractivity contribution in [2.24, 2.45) is 0 Å². The molecule has 0 unspecified atom stereocenters. The maximum Gasteiger partial charge on any atom is 0.316 e. The first-order valence-electron chi connectivity index (χ1n) is 8.76. The molecule has 3 rings (SSSR count). The van der Waals surface area contributed by atoms with Gasteiger partial charge in [0.25, 0.3) is 0 Å². The minimum atomic E-state index is -0.190. The van der Waals surface area contributed by atoms with Crippen LogP contribution < -0.4 is 0 Å². The second-order valence-electron chi connectivity index (χ2n) is 6.09. The number of ether oxygens (including phenoxy) is 1. The molecule has 0 bridgehead atoms. The smallest absolute Gasteiger partial charge is 0.316 e. The zero-order valence-corrected chi connectivity index (χ0v) is 16.7. The zero-order valence-electron chi connectivity index (χ0n) is 15.0. The standard InChI is InChI=1S/C20H22N2O2S2/c1-3-4-5-10-24-17(23)12-26-20-18-16(11-25-19(18)21-13-22-20)15-8-6-14(2)7-9-15/h6-9,11,13H,3-5,10,12H2,1-2H3.